The van der Waals surface area contributed by atoms with Gasteiger partial charge in [-0.25, -0.2) is 27.2 Å². The van der Waals surface area contributed by atoms with Crippen LogP contribution in [0.1, 0.15) is 24.0 Å². The van der Waals surface area contributed by atoms with Gasteiger partial charge in [-0.15, -0.1) is 0 Å². The number of hydrogen-bond acceptors (Lipinski definition) is 8. The summed E-state index contributed by atoms with van der Waals surface area (Å²) >= 11 is 0. The monoisotopic (exact) mass is 618 g/mol. The van der Waals surface area contributed by atoms with E-state index in [0.29, 0.717) is 66.0 Å². The maximum Gasteiger partial charge on any atom is 0.407 e. The summed E-state index contributed by atoms with van der Waals surface area (Å²) in [5.74, 6) is 0.748. The molecule has 0 saturated carbocycles. The zero-order valence-electron chi connectivity index (χ0n) is 24.9. The fourth-order valence-corrected chi connectivity index (χ4v) is 7.27. The smallest absolute Gasteiger partial charge is 0.407 e. The molecule has 230 valence electrons. The molecule has 5 aromatic rings. The fraction of sp³-hybridized carbons (Fsp3) is 0.323. The SMILES string of the molecule is COc1cc2c(nc1OC)c(-c1cc3c(CNC4CCN(C(=O)O)CC4)ccnc3n1S(=O)(=O)c1ccc(C)cc1)cn2C. The Balaban J connectivity index is 1.50. The highest BCUT2D eigenvalue weighted by Gasteiger charge is 2.29. The summed E-state index contributed by atoms with van der Waals surface area (Å²) in [6.07, 6.45) is 3.96. The third-order valence-electron chi connectivity index (χ3n) is 8.24. The van der Waals surface area contributed by atoms with Crippen molar-refractivity contribution in [1.82, 2.24) is 28.7 Å². The lowest BCUT2D eigenvalue weighted by Gasteiger charge is -2.30. The molecule has 0 spiro atoms. The van der Waals surface area contributed by atoms with Crippen molar-refractivity contribution in [2.75, 3.05) is 27.3 Å². The number of aryl methyl sites for hydroxylation is 2. The van der Waals surface area contributed by atoms with Gasteiger partial charge in [0.05, 0.1) is 30.3 Å². The second-order valence-corrected chi connectivity index (χ2v) is 12.8. The number of aromatic nitrogens is 4. The fourth-order valence-electron chi connectivity index (χ4n) is 5.80. The summed E-state index contributed by atoms with van der Waals surface area (Å²) in [6, 6.07) is 12.4. The second kappa shape index (κ2) is 11.5. The molecule has 2 N–H and O–H groups in total. The summed E-state index contributed by atoms with van der Waals surface area (Å²) in [5, 5.41) is 13.5. The van der Waals surface area contributed by atoms with Crippen LogP contribution in [0.4, 0.5) is 4.79 Å². The normalized spacial score (nSPS) is 14.4. The van der Waals surface area contributed by atoms with E-state index in [4.69, 9.17) is 14.5 Å². The van der Waals surface area contributed by atoms with Crippen LogP contribution in [0, 0.1) is 6.92 Å². The van der Waals surface area contributed by atoms with Crippen molar-refractivity contribution in [2.45, 2.75) is 37.2 Å². The molecule has 6 rings (SSSR count). The molecule has 1 saturated heterocycles. The van der Waals surface area contributed by atoms with Crippen molar-refractivity contribution >= 4 is 38.2 Å². The van der Waals surface area contributed by atoms with Gasteiger partial charge >= 0.3 is 6.09 Å². The quantitative estimate of drug-likeness (QED) is 0.259. The maximum absolute atomic E-state index is 14.4. The van der Waals surface area contributed by atoms with Crippen LogP contribution in [-0.4, -0.2) is 76.4 Å². The van der Waals surface area contributed by atoms with Crippen molar-refractivity contribution in [3.63, 3.8) is 0 Å². The predicted octanol–water partition coefficient (Wildman–Crippen LogP) is 4.38. The van der Waals surface area contributed by atoms with E-state index in [2.05, 4.69) is 10.3 Å². The van der Waals surface area contributed by atoms with Crippen LogP contribution in [0.15, 0.2) is 59.8 Å². The Hall–Kier alpha value is -4.62. The molecule has 5 heterocycles. The van der Waals surface area contributed by atoms with E-state index in [1.54, 1.807) is 30.5 Å². The molecule has 0 aliphatic carbocycles. The first kappa shape index (κ1) is 29.5. The zero-order chi connectivity index (χ0) is 31.2. The highest BCUT2D eigenvalue weighted by atomic mass is 32.2. The summed E-state index contributed by atoms with van der Waals surface area (Å²) in [5.41, 5.74) is 4.43. The zero-order valence-corrected chi connectivity index (χ0v) is 25.8. The molecular weight excluding hydrogens is 584 g/mol. The molecular formula is C31H34N6O6S. The number of carbonyl (C=O) groups is 1. The van der Waals surface area contributed by atoms with Crippen LogP contribution in [0.3, 0.4) is 0 Å². The maximum atomic E-state index is 14.4. The van der Waals surface area contributed by atoms with Crippen LogP contribution >= 0.6 is 0 Å². The summed E-state index contributed by atoms with van der Waals surface area (Å²) in [7, 11) is 0.819. The van der Waals surface area contributed by atoms with Crippen molar-refractivity contribution in [3.05, 3.63) is 66.0 Å². The van der Waals surface area contributed by atoms with Gasteiger partial charge in [-0.05, 0) is 49.6 Å². The third-order valence-corrected chi connectivity index (χ3v) is 9.96. The summed E-state index contributed by atoms with van der Waals surface area (Å²) < 4.78 is 42.9. The highest BCUT2D eigenvalue weighted by molar-refractivity contribution is 7.90. The summed E-state index contributed by atoms with van der Waals surface area (Å²) in [4.78, 5) is 22.2. The molecule has 1 amide bonds. The summed E-state index contributed by atoms with van der Waals surface area (Å²) in [6.45, 7) is 3.30. The number of benzene rings is 1. The Kier molecular flexibility index (Phi) is 7.68. The van der Waals surface area contributed by atoms with E-state index in [9.17, 15) is 18.3 Å². The molecule has 0 atom stereocenters. The van der Waals surface area contributed by atoms with E-state index >= 15 is 0 Å². The number of fused-ring (bicyclic) bond motifs is 2. The molecule has 1 aromatic carbocycles. The number of methoxy groups -OCH3 is 2. The van der Waals surface area contributed by atoms with Crippen LogP contribution in [-0.2, 0) is 23.6 Å². The van der Waals surface area contributed by atoms with Crippen molar-refractivity contribution < 1.29 is 27.8 Å². The second-order valence-electron chi connectivity index (χ2n) is 11.0. The number of amides is 1. The Morgan fingerprint density at radius 2 is 1.82 bits per heavy atom. The minimum Gasteiger partial charge on any atom is -0.491 e. The van der Waals surface area contributed by atoms with E-state index in [-0.39, 0.29) is 16.8 Å². The first-order valence-corrected chi connectivity index (χ1v) is 15.7. The van der Waals surface area contributed by atoms with Gasteiger partial charge in [0.15, 0.2) is 11.4 Å². The Morgan fingerprint density at radius 3 is 2.48 bits per heavy atom. The average Bonchev–Trinajstić information content (AvgIpc) is 3.57. The number of pyridine rings is 2. The van der Waals surface area contributed by atoms with E-state index in [1.165, 1.54) is 23.1 Å². The molecule has 13 heteroatoms. The van der Waals surface area contributed by atoms with Crippen molar-refractivity contribution in [1.29, 1.82) is 0 Å². The number of likely N-dealkylation sites (tertiary alicyclic amines) is 1. The number of ether oxygens (including phenoxy) is 2. The van der Waals surface area contributed by atoms with Crippen molar-refractivity contribution in [2.24, 2.45) is 7.05 Å². The number of hydrogen-bond donors (Lipinski definition) is 2. The average molecular weight is 619 g/mol. The lowest BCUT2D eigenvalue weighted by atomic mass is 10.0. The molecule has 1 aliphatic heterocycles. The lowest BCUT2D eigenvalue weighted by Crippen LogP contribution is -2.44. The van der Waals surface area contributed by atoms with Crippen LogP contribution in [0.5, 0.6) is 11.6 Å². The van der Waals surface area contributed by atoms with Gasteiger partial charge < -0.3 is 29.4 Å². The molecule has 0 bridgehead atoms. The topological polar surface area (TPSA) is 141 Å². The van der Waals surface area contributed by atoms with Crippen LogP contribution in [0.2, 0.25) is 0 Å². The minimum atomic E-state index is -4.09. The molecule has 12 nitrogen and oxygen atoms in total. The number of rotatable bonds is 8. The van der Waals surface area contributed by atoms with Gasteiger partial charge in [0.25, 0.3) is 15.9 Å². The van der Waals surface area contributed by atoms with E-state index in [0.717, 1.165) is 16.6 Å². The number of carboxylic acid groups (broad SMARTS) is 1. The van der Waals surface area contributed by atoms with Gasteiger partial charge in [-0.2, -0.15) is 0 Å². The van der Waals surface area contributed by atoms with Gasteiger partial charge in [0.1, 0.15) is 5.52 Å². The Labute approximate surface area is 254 Å². The van der Waals surface area contributed by atoms with Crippen LogP contribution in [0.25, 0.3) is 33.3 Å². The molecule has 4 aromatic heterocycles. The minimum absolute atomic E-state index is 0.136. The van der Waals surface area contributed by atoms with E-state index in [1.807, 2.05) is 42.9 Å². The lowest BCUT2D eigenvalue weighted by molar-refractivity contribution is 0.129. The molecule has 0 radical (unpaired) electrons. The molecule has 0 unspecified atom stereocenters. The van der Waals surface area contributed by atoms with Gasteiger partial charge in [-0.1, -0.05) is 17.7 Å². The number of piperidine rings is 1. The first-order chi connectivity index (χ1) is 21.1. The Bertz CT molecular complexity index is 1970. The van der Waals surface area contributed by atoms with Gasteiger partial charge in [-0.3, -0.25) is 0 Å². The highest BCUT2D eigenvalue weighted by Crippen LogP contribution is 2.39. The van der Waals surface area contributed by atoms with E-state index < -0.39 is 16.1 Å². The van der Waals surface area contributed by atoms with Gasteiger partial charge in [0, 0.05) is 62.1 Å². The molecule has 1 aliphatic rings. The standard InChI is InChI=1S/C31H34N6O6S/c1-19-5-7-22(8-6-19)44(40,41)37-25(24-18-35(2)26-16-27(42-3)30(43-4)34-28(24)26)15-23-20(9-12-32-29(23)37)17-33-21-10-13-36(14-11-21)31(38)39/h5-9,12,15-16,18,21,33H,10-11,13-14,17H2,1-4H3,(H,38,39). The molecule has 44 heavy (non-hydrogen) atoms. The molecule has 1 fully saturated rings. The largest absolute Gasteiger partial charge is 0.491 e. The third kappa shape index (κ3) is 5.11. The van der Waals surface area contributed by atoms with Crippen LogP contribution < -0.4 is 14.8 Å². The predicted molar refractivity (Wildman–Crippen MR) is 166 cm³/mol. The first-order valence-electron chi connectivity index (χ1n) is 14.2. The van der Waals surface area contributed by atoms with Gasteiger partial charge in [0.2, 0.25) is 0 Å². The number of nitrogens with one attached hydrogen (secondary N) is 1. The Morgan fingerprint density at radius 1 is 1.09 bits per heavy atom. The number of nitrogens with zero attached hydrogens (tertiary/aromatic N) is 5. The van der Waals surface area contributed by atoms with Crippen molar-refractivity contribution in [3.8, 4) is 22.9 Å².